The summed E-state index contributed by atoms with van der Waals surface area (Å²) in [7, 11) is 0. The summed E-state index contributed by atoms with van der Waals surface area (Å²) in [5, 5.41) is 20.5. The van der Waals surface area contributed by atoms with Crippen LogP contribution in [0.1, 0.15) is 25.7 Å². The molecule has 0 spiro atoms. The Morgan fingerprint density at radius 2 is 2.33 bits per heavy atom. The fraction of sp³-hybridized carbons (Fsp3) is 0.889. The van der Waals surface area contributed by atoms with E-state index in [0.29, 0.717) is 5.92 Å². The van der Waals surface area contributed by atoms with Gasteiger partial charge in [-0.1, -0.05) is 6.42 Å². The third-order valence-corrected chi connectivity index (χ3v) is 2.46. The Labute approximate surface area is 73.4 Å². The Kier molecular flexibility index (Phi) is 4.06. The molecule has 1 atom stereocenters. The van der Waals surface area contributed by atoms with Crippen LogP contribution in [0.4, 0.5) is 0 Å². The van der Waals surface area contributed by atoms with Crippen molar-refractivity contribution in [2.45, 2.75) is 31.7 Å². The van der Waals surface area contributed by atoms with E-state index in [1.54, 1.807) is 0 Å². The Morgan fingerprint density at radius 3 is 2.75 bits per heavy atom. The van der Waals surface area contributed by atoms with Gasteiger partial charge in [0.25, 0.3) is 0 Å². The zero-order valence-corrected chi connectivity index (χ0v) is 7.29. The predicted octanol–water partition coefficient (Wildman–Crippen LogP) is 0.651. The lowest BCUT2D eigenvalue weighted by Crippen LogP contribution is -2.39. The Morgan fingerprint density at radius 1 is 1.58 bits per heavy atom. The van der Waals surface area contributed by atoms with Gasteiger partial charge in [-0.2, -0.15) is 5.26 Å². The minimum absolute atomic E-state index is 0.0188. The van der Waals surface area contributed by atoms with Gasteiger partial charge in [0.05, 0.1) is 12.1 Å². The van der Waals surface area contributed by atoms with Crippen molar-refractivity contribution in [2.75, 3.05) is 13.2 Å². The quantitative estimate of drug-likeness (QED) is 0.593. The molecule has 0 amide bonds. The fourth-order valence-electron chi connectivity index (χ4n) is 1.43. The minimum Gasteiger partial charge on any atom is -0.396 e. The van der Waals surface area contributed by atoms with Crippen molar-refractivity contribution in [1.29, 1.82) is 5.26 Å². The number of hydrogen-bond acceptors (Lipinski definition) is 3. The van der Waals surface area contributed by atoms with Gasteiger partial charge in [0.1, 0.15) is 0 Å². The summed E-state index contributed by atoms with van der Waals surface area (Å²) in [5.41, 5.74) is 0. The highest BCUT2D eigenvalue weighted by molar-refractivity contribution is 4.97. The average molecular weight is 168 g/mol. The number of aliphatic hydroxyl groups excluding tert-OH is 1. The summed E-state index contributed by atoms with van der Waals surface area (Å²) in [6.07, 6.45) is 4.38. The van der Waals surface area contributed by atoms with Gasteiger partial charge in [0, 0.05) is 6.61 Å². The first-order valence-electron chi connectivity index (χ1n) is 4.62. The largest absolute Gasteiger partial charge is 0.396 e. The van der Waals surface area contributed by atoms with Gasteiger partial charge in [-0.15, -0.1) is 0 Å². The van der Waals surface area contributed by atoms with E-state index in [4.69, 9.17) is 10.4 Å². The van der Waals surface area contributed by atoms with Crippen LogP contribution >= 0.6 is 0 Å². The van der Waals surface area contributed by atoms with E-state index in [1.807, 2.05) is 0 Å². The number of hydrogen-bond donors (Lipinski definition) is 2. The highest BCUT2D eigenvalue weighted by Crippen LogP contribution is 2.29. The monoisotopic (exact) mass is 168 g/mol. The molecule has 0 aliphatic heterocycles. The van der Waals surface area contributed by atoms with Crippen molar-refractivity contribution in [2.24, 2.45) is 5.92 Å². The second-order valence-electron chi connectivity index (χ2n) is 3.33. The smallest absolute Gasteiger partial charge is 0.0981 e. The SMILES string of the molecule is N#CC(NCCCO)C1CCC1. The van der Waals surface area contributed by atoms with E-state index in [9.17, 15) is 0 Å². The number of rotatable bonds is 5. The standard InChI is InChI=1S/C9H16N2O/c10-7-9(8-3-1-4-8)11-5-2-6-12/h8-9,11-12H,1-6H2. The molecule has 0 aromatic carbocycles. The number of nitrogens with zero attached hydrogens (tertiary/aromatic N) is 1. The van der Waals surface area contributed by atoms with Crippen molar-refractivity contribution >= 4 is 0 Å². The summed E-state index contributed by atoms with van der Waals surface area (Å²) in [4.78, 5) is 0. The van der Waals surface area contributed by atoms with Gasteiger partial charge >= 0.3 is 0 Å². The zero-order chi connectivity index (χ0) is 8.81. The van der Waals surface area contributed by atoms with Crippen LogP contribution in [0.5, 0.6) is 0 Å². The fourth-order valence-corrected chi connectivity index (χ4v) is 1.43. The molecular formula is C9H16N2O. The second kappa shape index (κ2) is 5.13. The van der Waals surface area contributed by atoms with Crippen LogP contribution in [0.25, 0.3) is 0 Å². The topological polar surface area (TPSA) is 56.0 Å². The lowest BCUT2D eigenvalue weighted by atomic mass is 9.80. The molecule has 1 aliphatic rings. The van der Waals surface area contributed by atoms with E-state index >= 15 is 0 Å². The molecule has 3 heteroatoms. The summed E-state index contributed by atoms with van der Waals surface area (Å²) in [5.74, 6) is 0.564. The highest BCUT2D eigenvalue weighted by atomic mass is 16.3. The van der Waals surface area contributed by atoms with Crippen LogP contribution in [-0.2, 0) is 0 Å². The molecule has 12 heavy (non-hydrogen) atoms. The number of aliphatic hydroxyl groups is 1. The van der Waals surface area contributed by atoms with Crippen molar-refractivity contribution in [3.63, 3.8) is 0 Å². The van der Waals surface area contributed by atoms with Crippen molar-refractivity contribution in [1.82, 2.24) is 5.32 Å². The molecule has 1 fully saturated rings. The Bertz CT molecular complexity index is 160. The average Bonchev–Trinajstić information content (AvgIpc) is 1.99. The summed E-state index contributed by atoms with van der Waals surface area (Å²) in [6, 6.07) is 2.29. The lowest BCUT2D eigenvalue weighted by molar-refractivity contribution is 0.249. The molecule has 0 bridgehead atoms. The Hall–Kier alpha value is -0.590. The lowest BCUT2D eigenvalue weighted by Gasteiger charge is -2.29. The highest BCUT2D eigenvalue weighted by Gasteiger charge is 2.26. The van der Waals surface area contributed by atoms with Crippen LogP contribution in [0.15, 0.2) is 0 Å². The third-order valence-electron chi connectivity index (χ3n) is 2.46. The van der Waals surface area contributed by atoms with Gasteiger partial charge in [-0.05, 0) is 31.7 Å². The van der Waals surface area contributed by atoms with Crippen LogP contribution in [0.2, 0.25) is 0 Å². The molecule has 68 valence electrons. The van der Waals surface area contributed by atoms with E-state index < -0.39 is 0 Å². The van der Waals surface area contributed by atoms with E-state index in [-0.39, 0.29) is 12.6 Å². The van der Waals surface area contributed by atoms with Gasteiger partial charge in [-0.3, -0.25) is 0 Å². The normalized spacial score (nSPS) is 19.7. The van der Waals surface area contributed by atoms with Crippen molar-refractivity contribution in [3.05, 3.63) is 0 Å². The number of nitrogens with one attached hydrogen (secondary N) is 1. The van der Waals surface area contributed by atoms with Gasteiger partial charge in [0.2, 0.25) is 0 Å². The van der Waals surface area contributed by atoms with Crippen LogP contribution in [0, 0.1) is 17.2 Å². The minimum atomic E-state index is 0.0188. The molecule has 0 aromatic rings. The summed E-state index contributed by atoms with van der Waals surface area (Å²) >= 11 is 0. The maximum Gasteiger partial charge on any atom is 0.0981 e. The maximum absolute atomic E-state index is 8.79. The summed E-state index contributed by atoms with van der Waals surface area (Å²) in [6.45, 7) is 0.959. The molecule has 0 heterocycles. The third kappa shape index (κ3) is 2.47. The first-order chi connectivity index (χ1) is 5.88. The molecule has 0 saturated heterocycles. The van der Waals surface area contributed by atoms with Gasteiger partial charge < -0.3 is 10.4 Å². The molecule has 1 unspecified atom stereocenters. The number of nitriles is 1. The van der Waals surface area contributed by atoms with Crippen LogP contribution in [-0.4, -0.2) is 24.3 Å². The van der Waals surface area contributed by atoms with E-state index in [1.165, 1.54) is 19.3 Å². The summed E-state index contributed by atoms with van der Waals surface area (Å²) < 4.78 is 0. The van der Waals surface area contributed by atoms with Gasteiger partial charge in [-0.25, -0.2) is 0 Å². The Balaban J connectivity index is 2.13. The molecule has 3 nitrogen and oxygen atoms in total. The van der Waals surface area contributed by atoms with E-state index in [0.717, 1.165) is 13.0 Å². The first-order valence-corrected chi connectivity index (χ1v) is 4.62. The van der Waals surface area contributed by atoms with Crippen molar-refractivity contribution < 1.29 is 5.11 Å². The molecule has 1 saturated carbocycles. The maximum atomic E-state index is 8.79. The van der Waals surface area contributed by atoms with Crippen molar-refractivity contribution in [3.8, 4) is 6.07 Å². The molecule has 1 aliphatic carbocycles. The molecule has 0 radical (unpaired) electrons. The molecule has 1 rings (SSSR count). The van der Waals surface area contributed by atoms with Gasteiger partial charge in [0.15, 0.2) is 0 Å². The molecular weight excluding hydrogens is 152 g/mol. The first kappa shape index (κ1) is 9.50. The second-order valence-corrected chi connectivity index (χ2v) is 3.33. The van der Waals surface area contributed by atoms with Crippen LogP contribution in [0.3, 0.4) is 0 Å². The zero-order valence-electron chi connectivity index (χ0n) is 7.29. The van der Waals surface area contributed by atoms with Crippen LogP contribution < -0.4 is 5.32 Å². The molecule has 2 N–H and O–H groups in total. The van der Waals surface area contributed by atoms with E-state index in [2.05, 4.69) is 11.4 Å². The predicted molar refractivity (Wildman–Crippen MR) is 46.4 cm³/mol. The molecule has 0 aromatic heterocycles.